The summed E-state index contributed by atoms with van der Waals surface area (Å²) in [5.74, 6) is 0.0429. The van der Waals surface area contributed by atoms with Gasteiger partial charge in [0.15, 0.2) is 6.29 Å². The fourth-order valence-corrected chi connectivity index (χ4v) is 7.92. The lowest BCUT2D eigenvalue weighted by molar-refractivity contribution is -0.303. The minimum atomic E-state index is -1.67. The average molecular weight is 844 g/mol. The van der Waals surface area contributed by atoms with Crippen LogP contribution in [-0.2, 0) is 14.3 Å². The number of aliphatic hydroxyl groups excluding tert-OH is 7. The van der Waals surface area contributed by atoms with Crippen LogP contribution >= 0.6 is 0 Å². The van der Waals surface area contributed by atoms with E-state index >= 15 is 0 Å². The first-order valence-corrected chi connectivity index (χ1v) is 24.4. The van der Waals surface area contributed by atoms with E-state index in [4.69, 9.17) is 9.47 Å². The Kier molecular flexibility index (Phi) is 35.4. The van der Waals surface area contributed by atoms with Crippen molar-refractivity contribution >= 4 is 5.91 Å². The molecule has 1 rings (SSSR count). The number of rotatable bonds is 40. The quantitative estimate of drug-likeness (QED) is 0.0220. The second kappa shape index (κ2) is 37.4. The van der Waals surface area contributed by atoms with Crippen molar-refractivity contribution in [1.82, 2.24) is 5.32 Å². The smallest absolute Gasteiger partial charge is 0.249 e. The molecule has 4 unspecified atom stereocenters. The molecule has 1 aliphatic heterocycles. The summed E-state index contributed by atoms with van der Waals surface area (Å²) >= 11 is 0. The number of hydrogen-bond acceptors (Lipinski definition) is 10. The molecule has 0 radical (unpaired) electrons. The molecule has 11 nitrogen and oxygen atoms in total. The molecule has 1 saturated heterocycles. The number of nitrogens with one attached hydrogen (secondary N) is 1. The summed E-state index contributed by atoms with van der Waals surface area (Å²) in [5.41, 5.74) is 0. The highest BCUT2D eigenvalue weighted by molar-refractivity contribution is 5.80. The van der Waals surface area contributed by atoms with Crippen LogP contribution in [0.1, 0.15) is 213 Å². The standard InChI is InChI=1S/C48H93NO10/c1-4-5-6-7-8-9-10-11-12-13-14-15-16-17-18-19-22-26-29-32-35-41(52)47(57)49-39(37-58-48-46(56)45(55)44(54)42(36-50)59-48)43(53)40(51)34-31-28-25-23-20-21-24-27-30-33-38(2)3/h28,31,38-46,48,50-56H,4-27,29-30,32-37H2,1-3H3,(H,49,57)/b31-28+/t39?,40?,41?,42-,43?,44+,45+,46-,48-/m1/s1. The zero-order chi connectivity index (χ0) is 43.5. The molecule has 11 heteroatoms. The van der Waals surface area contributed by atoms with Gasteiger partial charge in [0.25, 0.3) is 0 Å². The summed E-state index contributed by atoms with van der Waals surface area (Å²) in [6, 6.07) is -1.20. The van der Waals surface area contributed by atoms with Gasteiger partial charge in [-0.3, -0.25) is 4.79 Å². The number of allylic oxidation sites excluding steroid dienone is 1. The Hall–Kier alpha value is -1.15. The lowest BCUT2D eigenvalue weighted by Crippen LogP contribution is -2.60. The molecule has 1 heterocycles. The van der Waals surface area contributed by atoms with E-state index in [9.17, 15) is 40.5 Å². The van der Waals surface area contributed by atoms with Gasteiger partial charge in [0, 0.05) is 0 Å². The molecule has 1 fully saturated rings. The van der Waals surface area contributed by atoms with E-state index in [1.165, 1.54) is 135 Å². The fourth-order valence-electron chi connectivity index (χ4n) is 7.92. The van der Waals surface area contributed by atoms with E-state index in [-0.39, 0.29) is 12.8 Å². The number of unbranched alkanes of at least 4 members (excludes halogenated alkanes) is 25. The van der Waals surface area contributed by atoms with E-state index < -0.39 is 74.2 Å². The number of amides is 1. The Morgan fingerprint density at radius 1 is 0.627 bits per heavy atom. The fraction of sp³-hybridized carbons (Fsp3) is 0.938. The van der Waals surface area contributed by atoms with Crippen LogP contribution in [0.3, 0.4) is 0 Å². The van der Waals surface area contributed by atoms with Crippen molar-refractivity contribution in [2.75, 3.05) is 13.2 Å². The predicted molar refractivity (Wildman–Crippen MR) is 238 cm³/mol. The van der Waals surface area contributed by atoms with Gasteiger partial charge in [-0.1, -0.05) is 200 Å². The summed E-state index contributed by atoms with van der Waals surface area (Å²) in [7, 11) is 0. The summed E-state index contributed by atoms with van der Waals surface area (Å²) in [5, 5.41) is 75.6. The molecule has 0 aromatic heterocycles. The summed E-state index contributed by atoms with van der Waals surface area (Å²) < 4.78 is 11.1. The van der Waals surface area contributed by atoms with Crippen LogP contribution in [0.2, 0.25) is 0 Å². The zero-order valence-electron chi connectivity index (χ0n) is 37.9. The van der Waals surface area contributed by atoms with Crippen molar-refractivity contribution in [3.63, 3.8) is 0 Å². The molecule has 1 aliphatic rings. The van der Waals surface area contributed by atoms with Crippen molar-refractivity contribution in [2.24, 2.45) is 5.92 Å². The summed E-state index contributed by atoms with van der Waals surface area (Å²) in [4.78, 5) is 13.1. The average Bonchev–Trinajstić information content (AvgIpc) is 3.22. The van der Waals surface area contributed by atoms with Crippen LogP contribution in [-0.4, -0.2) is 110 Å². The van der Waals surface area contributed by atoms with Gasteiger partial charge in [-0.05, 0) is 31.6 Å². The monoisotopic (exact) mass is 844 g/mol. The lowest BCUT2D eigenvalue weighted by Gasteiger charge is -2.40. The van der Waals surface area contributed by atoms with Crippen LogP contribution < -0.4 is 5.32 Å². The first-order valence-electron chi connectivity index (χ1n) is 24.4. The molecule has 9 atom stereocenters. The summed E-state index contributed by atoms with van der Waals surface area (Å²) in [6.45, 7) is 5.70. The maximum absolute atomic E-state index is 13.1. The minimum Gasteiger partial charge on any atom is -0.394 e. The molecule has 0 aliphatic carbocycles. The molecule has 0 bridgehead atoms. The van der Waals surface area contributed by atoms with Crippen LogP contribution in [0, 0.1) is 5.92 Å². The third-order valence-corrected chi connectivity index (χ3v) is 12.0. The highest BCUT2D eigenvalue weighted by atomic mass is 16.7. The Labute approximate surface area is 360 Å². The Balaban J connectivity index is 2.40. The molecule has 59 heavy (non-hydrogen) atoms. The number of carbonyl (C=O) groups excluding carboxylic acids is 1. The molecule has 8 N–H and O–H groups in total. The Bertz CT molecular complexity index is 983. The van der Waals surface area contributed by atoms with Gasteiger partial charge in [-0.25, -0.2) is 0 Å². The normalized spacial score (nSPS) is 21.9. The molecule has 1 amide bonds. The molecular weight excluding hydrogens is 751 g/mol. The van der Waals surface area contributed by atoms with E-state index in [1.807, 2.05) is 12.2 Å². The van der Waals surface area contributed by atoms with E-state index in [0.29, 0.717) is 6.42 Å². The maximum atomic E-state index is 13.1. The molecule has 0 aromatic carbocycles. The van der Waals surface area contributed by atoms with Crippen molar-refractivity contribution < 1.29 is 50.0 Å². The van der Waals surface area contributed by atoms with Crippen LogP contribution in [0.25, 0.3) is 0 Å². The SMILES string of the molecule is CCCCCCCCCCCCCCCCCCCCCCC(O)C(=O)NC(CO[C@@H]1O[C@H](CO)[C@H](O)[C@H](O)[C@H]1O)C(O)C(O)C/C=C/CCCCCCCCC(C)C. The van der Waals surface area contributed by atoms with Crippen molar-refractivity contribution in [3.05, 3.63) is 12.2 Å². The first-order chi connectivity index (χ1) is 28.5. The van der Waals surface area contributed by atoms with Gasteiger partial charge < -0.3 is 50.5 Å². The number of aliphatic hydroxyl groups is 7. The van der Waals surface area contributed by atoms with E-state index in [0.717, 1.165) is 44.4 Å². The first kappa shape index (κ1) is 55.9. The second-order valence-corrected chi connectivity index (χ2v) is 18.0. The number of carbonyl (C=O) groups is 1. The maximum Gasteiger partial charge on any atom is 0.249 e. The topological polar surface area (TPSA) is 189 Å². The third-order valence-electron chi connectivity index (χ3n) is 12.0. The molecular formula is C48H93NO10. The van der Waals surface area contributed by atoms with Gasteiger partial charge in [-0.15, -0.1) is 0 Å². The van der Waals surface area contributed by atoms with Crippen LogP contribution in [0.15, 0.2) is 12.2 Å². The molecule has 350 valence electrons. The van der Waals surface area contributed by atoms with Crippen molar-refractivity contribution in [1.29, 1.82) is 0 Å². The number of hydrogen-bond donors (Lipinski definition) is 8. The van der Waals surface area contributed by atoms with Crippen LogP contribution in [0.4, 0.5) is 0 Å². The van der Waals surface area contributed by atoms with Gasteiger partial charge in [-0.2, -0.15) is 0 Å². The van der Waals surface area contributed by atoms with Crippen molar-refractivity contribution in [3.8, 4) is 0 Å². The van der Waals surface area contributed by atoms with Gasteiger partial charge in [0.1, 0.15) is 36.6 Å². The highest BCUT2D eigenvalue weighted by Gasteiger charge is 2.44. The van der Waals surface area contributed by atoms with Gasteiger partial charge in [0.05, 0.1) is 25.4 Å². The van der Waals surface area contributed by atoms with E-state index in [1.54, 1.807) is 0 Å². The zero-order valence-corrected chi connectivity index (χ0v) is 37.9. The van der Waals surface area contributed by atoms with Crippen molar-refractivity contribution in [2.45, 2.75) is 268 Å². The van der Waals surface area contributed by atoms with E-state index in [2.05, 4.69) is 26.1 Å². The molecule has 0 spiro atoms. The Morgan fingerprint density at radius 3 is 1.56 bits per heavy atom. The predicted octanol–water partition coefficient (Wildman–Crippen LogP) is 8.31. The minimum absolute atomic E-state index is 0.130. The molecule has 0 aromatic rings. The highest BCUT2D eigenvalue weighted by Crippen LogP contribution is 2.23. The third kappa shape index (κ3) is 28.2. The Morgan fingerprint density at radius 2 is 1.08 bits per heavy atom. The largest absolute Gasteiger partial charge is 0.394 e. The molecule has 0 saturated carbocycles. The lowest BCUT2D eigenvalue weighted by atomic mass is 9.99. The summed E-state index contributed by atoms with van der Waals surface area (Å²) in [6.07, 6.45) is 27.2. The van der Waals surface area contributed by atoms with Crippen LogP contribution in [0.5, 0.6) is 0 Å². The second-order valence-electron chi connectivity index (χ2n) is 18.0. The van der Waals surface area contributed by atoms with Gasteiger partial charge >= 0.3 is 0 Å². The number of ether oxygens (including phenoxy) is 2. The van der Waals surface area contributed by atoms with Gasteiger partial charge in [0.2, 0.25) is 5.91 Å².